The van der Waals surface area contributed by atoms with Crippen molar-refractivity contribution in [2.45, 2.75) is 0 Å². The van der Waals surface area contributed by atoms with Gasteiger partial charge in [-0.15, -0.1) is 0 Å². The molecule has 2 nitrogen and oxygen atoms in total. The third-order valence-corrected chi connectivity index (χ3v) is 10.0. The Morgan fingerprint density at radius 3 is 1.42 bits per heavy atom. The third-order valence-electron chi connectivity index (χ3n) is 10.0. The monoisotopic (exact) mass is 634 g/mol. The first-order valence-corrected chi connectivity index (χ1v) is 17.1. The van der Waals surface area contributed by atoms with Gasteiger partial charge in [0.05, 0.1) is 22.4 Å². The molecule has 10 aromatic rings. The summed E-state index contributed by atoms with van der Waals surface area (Å²) in [4.78, 5) is 10.4. The average Bonchev–Trinajstić information content (AvgIpc) is 3.19. The molecule has 50 heavy (non-hydrogen) atoms. The number of rotatable bonds is 4. The van der Waals surface area contributed by atoms with Gasteiger partial charge in [-0.25, -0.2) is 9.97 Å². The predicted octanol–water partition coefficient (Wildman–Crippen LogP) is 12.9. The molecule has 0 aliphatic carbocycles. The van der Waals surface area contributed by atoms with Crippen molar-refractivity contribution in [3.05, 3.63) is 182 Å². The number of fused-ring (bicyclic) bond motifs is 6. The van der Waals surface area contributed by atoms with Crippen LogP contribution in [-0.4, -0.2) is 9.97 Å². The number of benzene rings is 8. The second-order valence-electron chi connectivity index (χ2n) is 12.9. The molecule has 2 heteroatoms. The summed E-state index contributed by atoms with van der Waals surface area (Å²) in [5.74, 6) is 0. The Morgan fingerprint density at radius 1 is 0.280 bits per heavy atom. The van der Waals surface area contributed by atoms with E-state index in [1.54, 1.807) is 0 Å². The van der Waals surface area contributed by atoms with Crippen LogP contribution in [0.2, 0.25) is 0 Å². The summed E-state index contributed by atoms with van der Waals surface area (Å²) >= 11 is 0. The van der Waals surface area contributed by atoms with Crippen LogP contribution in [0.3, 0.4) is 0 Å². The standard InChI is InChI=1S/C48H30N2/c1-2-11-31(12-3-1)44-27-23-32-21-22-33-24-28-45(50-48(33)47(32)49-44)37-16-10-15-34(30-37)38-25-26-43(42-20-9-8-19-41(38)42)46-39-17-6-4-13-35(39)29-36-14-5-7-18-40(36)46/h1-30H. The van der Waals surface area contributed by atoms with Crippen molar-refractivity contribution in [3.63, 3.8) is 0 Å². The Hall–Kier alpha value is -6.64. The zero-order valence-electron chi connectivity index (χ0n) is 27.2. The van der Waals surface area contributed by atoms with Gasteiger partial charge in [0.1, 0.15) is 0 Å². The minimum absolute atomic E-state index is 0.917. The van der Waals surface area contributed by atoms with Crippen molar-refractivity contribution in [1.82, 2.24) is 9.97 Å². The molecule has 0 amide bonds. The molecule has 0 aliphatic heterocycles. The van der Waals surface area contributed by atoms with Crippen LogP contribution in [-0.2, 0) is 0 Å². The van der Waals surface area contributed by atoms with Crippen molar-refractivity contribution < 1.29 is 0 Å². The highest BCUT2D eigenvalue weighted by Crippen LogP contribution is 2.42. The number of hydrogen-bond acceptors (Lipinski definition) is 2. The van der Waals surface area contributed by atoms with E-state index in [0.717, 1.165) is 49.9 Å². The van der Waals surface area contributed by atoms with Crippen LogP contribution in [0.1, 0.15) is 0 Å². The highest BCUT2D eigenvalue weighted by molar-refractivity contribution is 6.18. The molecule has 0 atom stereocenters. The van der Waals surface area contributed by atoms with Gasteiger partial charge >= 0.3 is 0 Å². The van der Waals surface area contributed by atoms with Crippen LogP contribution >= 0.6 is 0 Å². The van der Waals surface area contributed by atoms with Crippen LogP contribution in [0, 0.1) is 0 Å². The normalized spacial score (nSPS) is 11.6. The molecule has 2 aromatic heterocycles. The van der Waals surface area contributed by atoms with Gasteiger partial charge < -0.3 is 0 Å². The molecular formula is C48H30N2. The van der Waals surface area contributed by atoms with Crippen molar-refractivity contribution in [1.29, 1.82) is 0 Å². The predicted molar refractivity (Wildman–Crippen MR) is 211 cm³/mol. The second kappa shape index (κ2) is 11.5. The van der Waals surface area contributed by atoms with E-state index in [1.165, 1.54) is 49.0 Å². The van der Waals surface area contributed by atoms with Gasteiger partial charge in [-0.1, -0.05) is 158 Å². The zero-order chi connectivity index (χ0) is 33.0. The molecule has 0 saturated heterocycles. The van der Waals surface area contributed by atoms with Crippen molar-refractivity contribution in [2.75, 3.05) is 0 Å². The van der Waals surface area contributed by atoms with Crippen LogP contribution in [0.15, 0.2) is 182 Å². The molecule has 10 rings (SSSR count). The SMILES string of the molecule is c1ccc(-c2ccc3ccc4ccc(-c5cccc(-c6ccc(-c7c8ccccc8cc8ccccc78)c7ccccc67)c5)nc4c3n2)cc1. The maximum Gasteiger partial charge on any atom is 0.0972 e. The Balaban J connectivity index is 1.12. The van der Waals surface area contributed by atoms with E-state index in [4.69, 9.17) is 9.97 Å². The fourth-order valence-electron chi connectivity index (χ4n) is 7.62. The first kappa shape index (κ1) is 28.4. The quantitative estimate of drug-likeness (QED) is 0.142. The number of aromatic nitrogens is 2. The van der Waals surface area contributed by atoms with E-state index in [1.807, 2.05) is 6.07 Å². The lowest BCUT2D eigenvalue weighted by molar-refractivity contribution is 1.36. The van der Waals surface area contributed by atoms with Gasteiger partial charge in [0.2, 0.25) is 0 Å². The Bertz CT molecular complexity index is 2870. The summed E-state index contributed by atoms with van der Waals surface area (Å²) < 4.78 is 0. The molecule has 232 valence electrons. The lowest BCUT2D eigenvalue weighted by Crippen LogP contribution is -1.92. The molecule has 0 N–H and O–H groups in total. The van der Waals surface area contributed by atoms with Crippen molar-refractivity contribution in [2.24, 2.45) is 0 Å². The maximum atomic E-state index is 5.25. The van der Waals surface area contributed by atoms with E-state index < -0.39 is 0 Å². The molecule has 2 heterocycles. The van der Waals surface area contributed by atoms with Crippen molar-refractivity contribution >= 4 is 54.1 Å². The Labute approximate surface area is 290 Å². The minimum atomic E-state index is 0.917. The minimum Gasteiger partial charge on any atom is -0.245 e. The summed E-state index contributed by atoms with van der Waals surface area (Å²) in [6.45, 7) is 0. The lowest BCUT2D eigenvalue weighted by Gasteiger charge is -2.17. The first-order valence-electron chi connectivity index (χ1n) is 17.1. The van der Waals surface area contributed by atoms with E-state index in [9.17, 15) is 0 Å². The molecule has 0 aliphatic rings. The topological polar surface area (TPSA) is 25.8 Å². The molecule has 0 bridgehead atoms. The molecule has 0 saturated carbocycles. The maximum absolute atomic E-state index is 5.25. The smallest absolute Gasteiger partial charge is 0.0972 e. The van der Waals surface area contributed by atoms with Crippen LogP contribution in [0.25, 0.3) is 98.9 Å². The zero-order valence-corrected chi connectivity index (χ0v) is 27.2. The number of nitrogens with zero attached hydrogens (tertiary/aromatic N) is 2. The van der Waals surface area contributed by atoms with E-state index in [0.29, 0.717) is 0 Å². The molecule has 0 unspecified atom stereocenters. The summed E-state index contributed by atoms with van der Waals surface area (Å²) in [5, 5.41) is 9.69. The van der Waals surface area contributed by atoms with Crippen molar-refractivity contribution in [3.8, 4) is 44.8 Å². The fraction of sp³-hybridized carbons (Fsp3) is 0. The van der Waals surface area contributed by atoms with Gasteiger partial charge in [0, 0.05) is 21.9 Å². The summed E-state index contributed by atoms with van der Waals surface area (Å²) in [5.41, 5.74) is 10.8. The summed E-state index contributed by atoms with van der Waals surface area (Å²) in [7, 11) is 0. The van der Waals surface area contributed by atoms with Crippen LogP contribution in [0.4, 0.5) is 0 Å². The van der Waals surface area contributed by atoms with Gasteiger partial charge in [-0.05, 0) is 78.8 Å². The highest BCUT2D eigenvalue weighted by atomic mass is 14.8. The van der Waals surface area contributed by atoms with Crippen LogP contribution in [0.5, 0.6) is 0 Å². The molecular weight excluding hydrogens is 605 g/mol. The van der Waals surface area contributed by atoms with Gasteiger partial charge in [-0.3, -0.25) is 0 Å². The van der Waals surface area contributed by atoms with Crippen LogP contribution < -0.4 is 0 Å². The van der Waals surface area contributed by atoms with Gasteiger partial charge in [0.15, 0.2) is 0 Å². The van der Waals surface area contributed by atoms with E-state index in [2.05, 4.69) is 176 Å². The fourth-order valence-corrected chi connectivity index (χ4v) is 7.62. The van der Waals surface area contributed by atoms with E-state index >= 15 is 0 Å². The third kappa shape index (κ3) is 4.65. The Kier molecular flexibility index (Phi) is 6.53. The number of hydrogen-bond donors (Lipinski definition) is 0. The molecule has 0 spiro atoms. The van der Waals surface area contributed by atoms with E-state index in [-0.39, 0.29) is 0 Å². The number of pyridine rings is 2. The highest BCUT2D eigenvalue weighted by Gasteiger charge is 2.16. The van der Waals surface area contributed by atoms with Gasteiger partial charge in [0.25, 0.3) is 0 Å². The second-order valence-corrected chi connectivity index (χ2v) is 12.9. The first-order chi connectivity index (χ1) is 24.8. The summed E-state index contributed by atoms with van der Waals surface area (Å²) in [6, 6.07) is 65.1. The average molecular weight is 635 g/mol. The molecule has 8 aromatic carbocycles. The van der Waals surface area contributed by atoms with Gasteiger partial charge in [-0.2, -0.15) is 0 Å². The lowest BCUT2D eigenvalue weighted by atomic mass is 9.87. The molecule has 0 fully saturated rings. The Morgan fingerprint density at radius 2 is 0.760 bits per heavy atom. The largest absolute Gasteiger partial charge is 0.245 e. The molecule has 0 radical (unpaired) electrons. The summed E-state index contributed by atoms with van der Waals surface area (Å²) in [6.07, 6.45) is 0.